The molecule has 1 unspecified atom stereocenters. The molecule has 1 amide bonds. The average Bonchev–Trinajstić information content (AvgIpc) is 2.24. The molecule has 5 heteroatoms. The first-order valence-corrected chi connectivity index (χ1v) is 6.07. The molecule has 19 heavy (non-hydrogen) atoms. The van der Waals surface area contributed by atoms with Crippen molar-refractivity contribution in [3.05, 3.63) is 35.4 Å². The van der Waals surface area contributed by atoms with Crippen molar-refractivity contribution in [2.24, 2.45) is 5.73 Å². The van der Waals surface area contributed by atoms with Gasteiger partial charge in [0.25, 0.3) is 0 Å². The van der Waals surface area contributed by atoms with E-state index in [4.69, 9.17) is 10.5 Å². The Morgan fingerprint density at radius 1 is 1.32 bits per heavy atom. The highest BCUT2D eigenvalue weighted by Crippen LogP contribution is 2.11. The van der Waals surface area contributed by atoms with Crippen LogP contribution < -0.4 is 11.1 Å². The molecule has 1 aromatic carbocycles. The van der Waals surface area contributed by atoms with Gasteiger partial charge in [0.1, 0.15) is 5.60 Å². The quantitative estimate of drug-likeness (QED) is 0.898. The largest absolute Gasteiger partial charge is 0.444 e. The Kier molecular flexibility index (Phi) is 6.87. The van der Waals surface area contributed by atoms with E-state index in [9.17, 15) is 4.79 Å². The second-order valence-electron chi connectivity index (χ2n) is 5.40. The zero-order valence-electron chi connectivity index (χ0n) is 11.9. The Labute approximate surface area is 121 Å². The van der Waals surface area contributed by atoms with Crippen molar-refractivity contribution in [1.29, 1.82) is 0 Å². The van der Waals surface area contributed by atoms with Crippen LogP contribution >= 0.6 is 12.4 Å². The van der Waals surface area contributed by atoms with Gasteiger partial charge in [0.2, 0.25) is 0 Å². The molecule has 1 aromatic rings. The van der Waals surface area contributed by atoms with E-state index < -0.39 is 11.7 Å². The van der Waals surface area contributed by atoms with Crippen LogP contribution in [0.4, 0.5) is 4.79 Å². The number of nitrogens with two attached hydrogens (primary N) is 1. The highest BCUT2D eigenvalue weighted by atomic mass is 35.5. The standard InChI is InChI=1S/C14H22N2O2.ClH/c1-10-5-7-11(8-6-10)12(15)9-16-13(17)18-14(2,3)4;/h5-8,12H,9,15H2,1-4H3,(H,16,17);1H. The maximum Gasteiger partial charge on any atom is 0.407 e. The molecule has 0 aliphatic rings. The lowest BCUT2D eigenvalue weighted by atomic mass is 10.1. The lowest BCUT2D eigenvalue weighted by molar-refractivity contribution is 0.0524. The molecule has 1 rings (SSSR count). The number of halogens is 1. The number of aryl methyl sites for hydroxylation is 1. The van der Waals surface area contributed by atoms with Crippen LogP contribution in [0.15, 0.2) is 24.3 Å². The highest BCUT2D eigenvalue weighted by Gasteiger charge is 2.16. The Hall–Kier alpha value is -1.26. The first-order valence-electron chi connectivity index (χ1n) is 6.07. The monoisotopic (exact) mass is 286 g/mol. The highest BCUT2D eigenvalue weighted by molar-refractivity contribution is 5.85. The minimum Gasteiger partial charge on any atom is -0.444 e. The molecule has 108 valence electrons. The van der Waals surface area contributed by atoms with Crippen molar-refractivity contribution < 1.29 is 9.53 Å². The van der Waals surface area contributed by atoms with Gasteiger partial charge < -0.3 is 15.8 Å². The van der Waals surface area contributed by atoms with Crippen LogP contribution in [0.5, 0.6) is 0 Å². The van der Waals surface area contributed by atoms with Gasteiger partial charge in [-0.15, -0.1) is 12.4 Å². The number of amides is 1. The summed E-state index contributed by atoms with van der Waals surface area (Å²) in [7, 11) is 0. The van der Waals surface area contributed by atoms with Crippen LogP contribution in [0.1, 0.15) is 37.9 Å². The summed E-state index contributed by atoms with van der Waals surface area (Å²) in [6, 6.07) is 7.72. The maximum absolute atomic E-state index is 11.5. The van der Waals surface area contributed by atoms with Crippen molar-refractivity contribution in [2.75, 3.05) is 6.54 Å². The first kappa shape index (κ1) is 17.7. The SMILES string of the molecule is Cc1ccc(C(N)CNC(=O)OC(C)(C)C)cc1.Cl. The molecular weight excluding hydrogens is 264 g/mol. The van der Waals surface area contributed by atoms with E-state index in [0.29, 0.717) is 6.54 Å². The lowest BCUT2D eigenvalue weighted by Crippen LogP contribution is -2.36. The predicted octanol–water partition coefficient (Wildman–Crippen LogP) is 2.94. The van der Waals surface area contributed by atoms with Gasteiger partial charge in [-0.25, -0.2) is 4.79 Å². The number of ether oxygens (including phenoxy) is 1. The van der Waals surface area contributed by atoms with Crippen LogP contribution in [-0.4, -0.2) is 18.2 Å². The number of rotatable bonds is 3. The zero-order valence-corrected chi connectivity index (χ0v) is 12.7. The van der Waals surface area contributed by atoms with Crippen LogP contribution in [0, 0.1) is 6.92 Å². The summed E-state index contributed by atoms with van der Waals surface area (Å²) in [6.07, 6.45) is -0.440. The smallest absolute Gasteiger partial charge is 0.407 e. The Bertz CT molecular complexity index is 399. The fraction of sp³-hybridized carbons (Fsp3) is 0.500. The fourth-order valence-electron chi connectivity index (χ4n) is 1.44. The normalized spacial score (nSPS) is 12.3. The van der Waals surface area contributed by atoms with E-state index in [2.05, 4.69) is 5.32 Å². The van der Waals surface area contributed by atoms with Crippen molar-refractivity contribution in [2.45, 2.75) is 39.3 Å². The number of hydrogen-bond donors (Lipinski definition) is 2. The van der Waals surface area contributed by atoms with E-state index in [-0.39, 0.29) is 18.4 Å². The molecule has 0 aromatic heterocycles. The summed E-state index contributed by atoms with van der Waals surface area (Å²) >= 11 is 0. The van der Waals surface area contributed by atoms with Gasteiger partial charge in [0.15, 0.2) is 0 Å². The van der Waals surface area contributed by atoms with Gasteiger partial charge in [-0.1, -0.05) is 29.8 Å². The first-order chi connectivity index (χ1) is 8.28. The topological polar surface area (TPSA) is 64.3 Å². The molecule has 0 radical (unpaired) electrons. The minimum atomic E-state index is -0.488. The summed E-state index contributed by atoms with van der Waals surface area (Å²) in [5.41, 5.74) is 7.68. The molecule has 0 saturated carbocycles. The molecule has 0 aliphatic heterocycles. The number of nitrogens with one attached hydrogen (secondary N) is 1. The van der Waals surface area contributed by atoms with Crippen LogP contribution in [-0.2, 0) is 4.74 Å². The van der Waals surface area contributed by atoms with Crippen molar-refractivity contribution in [3.8, 4) is 0 Å². The van der Waals surface area contributed by atoms with Gasteiger partial charge in [-0.05, 0) is 33.3 Å². The molecule has 1 atom stereocenters. The molecule has 0 aliphatic carbocycles. The Morgan fingerprint density at radius 3 is 2.32 bits per heavy atom. The van der Waals surface area contributed by atoms with Crippen molar-refractivity contribution in [3.63, 3.8) is 0 Å². The Morgan fingerprint density at radius 2 is 1.84 bits per heavy atom. The van der Waals surface area contributed by atoms with Crippen molar-refractivity contribution in [1.82, 2.24) is 5.32 Å². The predicted molar refractivity (Wildman–Crippen MR) is 79.6 cm³/mol. The zero-order chi connectivity index (χ0) is 13.8. The molecule has 0 fully saturated rings. The Balaban J connectivity index is 0.00000324. The summed E-state index contributed by atoms with van der Waals surface area (Å²) in [4.78, 5) is 11.5. The summed E-state index contributed by atoms with van der Waals surface area (Å²) < 4.78 is 5.14. The maximum atomic E-state index is 11.5. The third kappa shape index (κ3) is 7.03. The van der Waals surface area contributed by atoms with Crippen molar-refractivity contribution >= 4 is 18.5 Å². The lowest BCUT2D eigenvalue weighted by Gasteiger charge is -2.21. The third-order valence-electron chi connectivity index (χ3n) is 2.37. The van der Waals surface area contributed by atoms with E-state index in [1.54, 1.807) is 0 Å². The van der Waals surface area contributed by atoms with E-state index in [1.807, 2.05) is 52.0 Å². The molecular formula is C14H23ClN2O2. The van der Waals surface area contributed by atoms with Gasteiger partial charge in [-0.2, -0.15) is 0 Å². The second kappa shape index (κ2) is 7.36. The van der Waals surface area contributed by atoms with Crippen LogP contribution in [0.3, 0.4) is 0 Å². The molecule has 3 N–H and O–H groups in total. The molecule has 4 nitrogen and oxygen atoms in total. The number of carbonyl (C=O) groups is 1. The molecule has 0 saturated heterocycles. The van der Waals surface area contributed by atoms with Gasteiger partial charge in [0.05, 0.1) is 0 Å². The van der Waals surface area contributed by atoms with E-state index in [0.717, 1.165) is 5.56 Å². The second-order valence-corrected chi connectivity index (χ2v) is 5.40. The summed E-state index contributed by atoms with van der Waals surface area (Å²) in [5.74, 6) is 0. The molecule has 0 spiro atoms. The average molecular weight is 287 g/mol. The fourth-order valence-corrected chi connectivity index (χ4v) is 1.44. The molecule has 0 bridgehead atoms. The molecule has 0 heterocycles. The number of carbonyl (C=O) groups excluding carboxylic acids is 1. The number of benzene rings is 1. The van der Waals surface area contributed by atoms with Gasteiger partial charge >= 0.3 is 6.09 Å². The van der Waals surface area contributed by atoms with E-state index >= 15 is 0 Å². The van der Waals surface area contributed by atoms with Gasteiger partial charge in [-0.3, -0.25) is 0 Å². The number of alkyl carbamates (subject to hydrolysis) is 1. The van der Waals surface area contributed by atoms with Crippen LogP contribution in [0.2, 0.25) is 0 Å². The minimum absolute atomic E-state index is 0. The summed E-state index contributed by atoms with van der Waals surface area (Å²) in [6.45, 7) is 7.86. The number of hydrogen-bond acceptors (Lipinski definition) is 3. The van der Waals surface area contributed by atoms with E-state index in [1.165, 1.54) is 5.56 Å². The summed E-state index contributed by atoms with van der Waals surface area (Å²) in [5, 5.41) is 2.67. The third-order valence-corrected chi connectivity index (χ3v) is 2.37. The van der Waals surface area contributed by atoms with Gasteiger partial charge in [0, 0.05) is 12.6 Å². The van der Waals surface area contributed by atoms with Crippen LogP contribution in [0.25, 0.3) is 0 Å².